The fourth-order valence-corrected chi connectivity index (χ4v) is 3.54. The number of rotatable bonds is 13. The van der Waals surface area contributed by atoms with E-state index in [1.165, 1.54) is 23.8 Å². The van der Waals surface area contributed by atoms with Crippen LogP contribution < -0.4 is 5.32 Å². The predicted octanol–water partition coefficient (Wildman–Crippen LogP) is 5.52. The highest BCUT2D eigenvalue weighted by molar-refractivity contribution is 7.99. The molecule has 5 nitrogen and oxygen atoms in total. The minimum atomic E-state index is -0.416. The molecule has 0 saturated carbocycles. The summed E-state index contributed by atoms with van der Waals surface area (Å²) in [5.74, 6) is 1.80. The molecule has 0 aromatic carbocycles. The van der Waals surface area contributed by atoms with Gasteiger partial charge < -0.3 is 15.0 Å². The van der Waals surface area contributed by atoms with Crippen molar-refractivity contribution < 1.29 is 9.53 Å². The average molecular weight is 406 g/mol. The van der Waals surface area contributed by atoms with E-state index in [0.29, 0.717) is 11.7 Å². The molecule has 0 fully saturated rings. The number of hydrogen-bond acceptors (Lipinski definition) is 5. The van der Waals surface area contributed by atoms with Gasteiger partial charge in [0.1, 0.15) is 6.04 Å². The van der Waals surface area contributed by atoms with Crippen molar-refractivity contribution in [3.8, 4) is 0 Å². The number of anilines is 1. The van der Waals surface area contributed by atoms with Gasteiger partial charge in [-0.2, -0.15) is 11.8 Å². The van der Waals surface area contributed by atoms with Crippen molar-refractivity contribution in [3.05, 3.63) is 47.3 Å². The lowest BCUT2D eigenvalue weighted by atomic mass is 10.1. The molecule has 28 heavy (non-hydrogen) atoms. The molecule has 1 atom stereocenters. The minimum Gasteiger partial charge on any atom is -0.467 e. The van der Waals surface area contributed by atoms with Gasteiger partial charge in [-0.1, -0.05) is 34.9 Å². The van der Waals surface area contributed by atoms with Crippen LogP contribution in [0.15, 0.2) is 47.3 Å². The number of thioether (sulfide) groups is 1. The second kappa shape index (κ2) is 14.1. The fourth-order valence-electron chi connectivity index (χ4n) is 2.55. The Morgan fingerprint density at radius 3 is 2.46 bits per heavy atom. The monoisotopic (exact) mass is 405 g/mol. The number of H-pyrrole nitrogens is 1. The molecule has 1 unspecified atom stereocenters. The third kappa shape index (κ3) is 11.0. The van der Waals surface area contributed by atoms with E-state index in [1.54, 1.807) is 24.2 Å². The van der Waals surface area contributed by atoms with Gasteiger partial charge in [-0.3, -0.25) is 0 Å². The van der Waals surface area contributed by atoms with E-state index in [1.807, 2.05) is 0 Å². The van der Waals surface area contributed by atoms with E-state index in [4.69, 9.17) is 4.74 Å². The van der Waals surface area contributed by atoms with Gasteiger partial charge in [0.2, 0.25) is 5.95 Å². The fraction of sp³-hybridized carbons (Fsp3) is 0.545. The van der Waals surface area contributed by atoms with Crippen LogP contribution in [-0.4, -0.2) is 40.6 Å². The Morgan fingerprint density at radius 2 is 1.86 bits per heavy atom. The van der Waals surface area contributed by atoms with Gasteiger partial charge in [-0.15, -0.1) is 0 Å². The molecule has 0 spiro atoms. The van der Waals surface area contributed by atoms with Crippen LogP contribution >= 0.6 is 11.8 Å². The molecule has 1 rings (SSSR count). The van der Waals surface area contributed by atoms with Gasteiger partial charge in [0.15, 0.2) is 0 Å². The summed E-state index contributed by atoms with van der Waals surface area (Å²) >= 11 is 1.71. The highest BCUT2D eigenvalue weighted by Crippen LogP contribution is 2.14. The van der Waals surface area contributed by atoms with Crippen LogP contribution in [0.3, 0.4) is 0 Å². The lowest BCUT2D eigenvalue weighted by Gasteiger charge is -2.15. The SMILES string of the molecule is COC(=O)C(CSC/C=C(\C)CC/C=C(\C)CCC=C(C)C)Nc1ncc[nH]1. The van der Waals surface area contributed by atoms with E-state index in [0.717, 1.165) is 31.4 Å². The first-order valence-corrected chi connectivity index (χ1v) is 10.9. The van der Waals surface area contributed by atoms with E-state index in [-0.39, 0.29) is 5.97 Å². The first kappa shape index (κ1) is 24.1. The summed E-state index contributed by atoms with van der Waals surface area (Å²) in [6.07, 6.45) is 14.7. The molecule has 0 amide bonds. The normalized spacial score (nSPS) is 13.2. The molecule has 156 valence electrons. The third-order valence-electron chi connectivity index (χ3n) is 4.25. The Kier molecular flexibility index (Phi) is 12.1. The van der Waals surface area contributed by atoms with Gasteiger partial charge in [-0.05, 0) is 53.4 Å². The summed E-state index contributed by atoms with van der Waals surface area (Å²) in [6, 6.07) is -0.416. The number of methoxy groups -OCH3 is 1. The molecular formula is C22H35N3O2S. The van der Waals surface area contributed by atoms with Crippen molar-refractivity contribution in [1.29, 1.82) is 0 Å². The minimum absolute atomic E-state index is 0.279. The first-order valence-electron chi connectivity index (χ1n) is 9.78. The quantitative estimate of drug-likeness (QED) is 0.257. The van der Waals surface area contributed by atoms with Crippen LogP contribution in [0.25, 0.3) is 0 Å². The highest BCUT2D eigenvalue weighted by Gasteiger charge is 2.19. The topological polar surface area (TPSA) is 67.0 Å². The summed E-state index contributed by atoms with van der Waals surface area (Å²) in [5, 5.41) is 3.07. The maximum atomic E-state index is 11.9. The lowest BCUT2D eigenvalue weighted by molar-refractivity contribution is -0.141. The molecule has 2 N–H and O–H groups in total. The van der Waals surface area contributed by atoms with Crippen LogP contribution in [0.4, 0.5) is 5.95 Å². The molecule has 6 heteroatoms. The predicted molar refractivity (Wildman–Crippen MR) is 121 cm³/mol. The second-order valence-electron chi connectivity index (χ2n) is 7.16. The van der Waals surface area contributed by atoms with Crippen LogP contribution in [0.5, 0.6) is 0 Å². The number of carbonyl (C=O) groups excluding carboxylic acids is 1. The maximum Gasteiger partial charge on any atom is 0.329 e. The van der Waals surface area contributed by atoms with Crippen LogP contribution in [0.2, 0.25) is 0 Å². The Balaban J connectivity index is 2.31. The maximum absolute atomic E-state index is 11.9. The molecule has 1 aromatic rings. The van der Waals surface area contributed by atoms with Gasteiger partial charge in [0, 0.05) is 23.9 Å². The van der Waals surface area contributed by atoms with Crippen LogP contribution in [0, 0.1) is 0 Å². The van der Waals surface area contributed by atoms with E-state index < -0.39 is 6.04 Å². The Morgan fingerprint density at radius 1 is 1.18 bits per heavy atom. The van der Waals surface area contributed by atoms with Crippen molar-refractivity contribution in [2.24, 2.45) is 0 Å². The smallest absolute Gasteiger partial charge is 0.329 e. The van der Waals surface area contributed by atoms with Gasteiger partial charge >= 0.3 is 5.97 Å². The number of esters is 1. The third-order valence-corrected chi connectivity index (χ3v) is 5.22. The summed E-state index contributed by atoms with van der Waals surface area (Å²) in [7, 11) is 1.41. The number of allylic oxidation sites excluding steroid dienone is 5. The van der Waals surface area contributed by atoms with Crippen molar-refractivity contribution in [1.82, 2.24) is 9.97 Å². The van der Waals surface area contributed by atoms with Crippen molar-refractivity contribution >= 4 is 23.7 Å². The van der Waals surface area contributed by atoms with E-state index in [9.17, 15) is 4.79 Å². The zero-order chi connectivity index (χ0) is 20.8. The van der Waals surface area contributed by atoms with Gasteiger partial charge in [-0.25, -0.2) is 9.78 Å². The summed E-state index contributed by atoms with van der Waals surface area (Å²) in [4.78, 5) is 19.0. The standard InChI is InChI=1S/C22H35N3O2S/c1-17(2)8-6-9-18(3)10-7-11-19(4)12-15-28-16-20(21(26)27-5)25-22-23-13-14-24-22/h8,10,12-14,20H,6-7,9,11,15-16H2,1-5H3,(H2,23,24,25)/b18-10+,19-12+. The molecular weight excluding hydrogens is 370 g/mol. The number of carbonyl (C=O) groups is 1. The molecule has 0 aliphatic rings. The first-order chi connectivity index (χ1) is 13.4. The van der Waals surface area contributed by atoms with E-state index >= 15 is 0 Å². The summed E-state index contributed by atoms with van der Waals surface area (Å²) in [6.45, 7) is 8.68. The molecule has 0 radical (unpaired) electrons. The average Bonchev–Trinajstić information content (AvgIpc) is 3.16. The Bertz CT molecular complexity index is 659. The zero-order valence-electron chi connectivity index (χ0n) is 17.9. The lowest BCUT2D eigenvalue weighted by Crippen LogP contribution is -2.33. The van der Waals surface area contributed by atoms with Crippen molar-refractivity contribution in [3.63, 3.8) is 0 Å². The van der Waals surface area contributed by atoms with Crippen LogP contribution in [-0.2, 0) is 9.53 Å². The number of nitrogens with one attached hydrogen (secondary N) is 2. The van der Waals surface area contributed by atoms with Gasteiger partial charge in [0.05, 0.1) is 7.11 Å². The molecule has 0 aliphatic carbocycles. The molecule has 0 bridgehead atoms. The highest BCUT2D eigenvalue weighted by atomic mass is 32.2. The number of nitrogens with zero attached hydrogens (tertiary/aromatic N) is 1. The second-order valence-corrected chi connectivity index (χ2v) is 8.23. The number of imidazole rings is 1. The molecule has 1 aromatic heterocycles. The summed E-state index contributed by atoms with van der Waals surface area (Å²) in [5.41, 5.74) is 4.23. The number of aromatic amines is 1. The largest absolute Gasteiger partial charge is 0.467 e. The zero-order valence-corrected chi connectivity index (χ0v) is 18.7. The van der Waals surface area contributed by atoms with Gasteiger partial charge in [0.25, 0.3) is 0 Å². The molecule has 0 aliphatic heterocycles. The summed E-state index contributed by atoms with van der Waals surface area (Å²) < 4.78 is 4.87. The van der Waals surface area contributed by atoms with E-state index in [2.05, 4.69) is 61.2 Å². The number of hydrogen-bond donors (Lipinski definition) is 2. The number of aromatic nitrogens is 2. The number of ether oxygens (including phenoxy) is 1. The van der Waals surface area contributed by atoms with Crippen molar-refractivity contribution in [2.75, 3.05) is 23.9 Å². The Labute approximate surface area is 174 Å². The van der Waals surface area contributed by atoms with Crippen molar-refractivity contribution in [2.45, 2.75) is 59.4 Å². The van der Waals surface area contributed by atoms with Crippen LogP contribution in [0.1, 0.15) is 53.4 Å². The molecule has 0 saturated heterocycles. The molecule has 1 heterocycles. The Hall–Kier alpha value is -1.95.